The molecule has 2 aromatic rings. The molecule has 1 aromatic heterocycles. The molecule has 3 fully saturated rings. The Morgan fingerprint density at radius 3 is 2.69 bits per heavy atom. The lowest BCUT2D eigenvalue weighted by molar-refractivity contribution is 0.0218. The van der Waals surface area contributed by atoms with Gasteiger partial charge in [-0.1, -0.05) is 17.4 Å². The summed E-state index contributed by atoms with van der Waals surface area (Å²) in [6.07, 6.45) is 2.37. The molecule has 5 rings (SSSR count). The fourth-order valence-corrected chi connectivity index (χ4v) is 4.82. The van der Waals surface area contributed by atoms with E-state index in [4.69, 9.17) is 9.47 Å². The van der Waals surface area contributed by atoms with Gasteiger partial charge in [0, 0.05) is 18.2 Å². The lowest BCUT2D eigenvalue weighted by atomic mass is 9.79. The van der Waals surface area contributed by atoms with Crippen LogP contribution >= 0.6 is 11.3 Å². The van der Waals surface area contributed by atoms with Crippen molar-refractivity contribution in [2.75, 3.05) is 20.2 Å². The fraction of sp³-hybridized carbons (Fsp3) is 0.450. The van der Waals surface area contributed by atoms with Crippen LogP contribution in [0.25, 0.3) is 0 Å². The molecule has 1 aromatic carbocycles. The topological polar surface area (TPSA) is 50.8 Å². The highest BCUT2D eigenvalue weighted by Crippen LogP contribution is 2.34. The van der Waals surface area contributed by atoms with Gasteiger partial charge in [-0.25, -0.2) is 0 Å². The molecule has 0 saturated carbocycles. The van der Waals surface area contributed by atoms with Gasteiger partial charge >= 0.3 is 0 Å². The number of ether oxygens (including phenoxy) is 2. The summed E-state index contributed by atoms with van der Waals surface area (Å²) in [7, 11) is 1.63. The third-order valence-electron chi connectivity index (χ3n) is 5.54. The Labute approximate surface area is 157 Å². The smallest absolute Gasteiger partial charge is 0.261 e. The highest BCUT2D eigenvalue weighted by atomic mass is 32.1. The first-order chi connectivity index (χ1) is 12.6. The molecule has 0 spiro atoms. The summed E-state index contributed by atoms with van der Waals surface area (Å²) in [5.74, 6) is 2.05. The molecule has 2 atom stereocenters. The van der Waals surface area contributed by atoms with Crippen molar-refractivity contribution in [2.45, 2.75) is 31.8 Å². The monoisotopic (exact) mass is 372 g/mol. The Hall–Kier alpha value is -2.05. The first-order valence-corrected chi connectivity index (χ1v) is 9.92. The predicted octanol–water partition coefficient (Wildman–Crippen LogP) is 3.76. The van der Waals surface area contributed by atoms with Gasteiger partial charge in [0.15, 0.2) is 5.06 Å². The Kier molecular flexibility index (Phi) is 4.87. The lowest BCUT2D eigenvalue weighted by Gasteiger charge is -2.49. The number of piperidine rings is 3. The minimum absolute atomic E-state index is 0.00101. The quantitative estimate of drug-likeness (QED) is 0.868. The average Bonchev–Trinajstić information content (AvgIpc) is 3.13. The minimum Gasteiger partial charge on any atom is -0.497 e. The molecule has 3 saturated heterocycles. The number of carbonyl (C=O) groups is 1. The maximum Gasteiger partial charge on any atom is 0.261 e. The third kappa shape index (κ3) is 3.44. The van der Waals surface area contributed by atoms with Gasteiger partial charge < -0.3 is 14.8 Å². The summed E-state index contributed by atoms with van der Waals surface area (Å²) < 4.78 is 11.1. The van der Waals surface area contributed by atoms with E-state index in [0.717, 1.165) is 18.8 Å². The van der Waals surface area contributed by atoms with Gasteiger partial charge in [-0.15, -0.1) is 0 Å². The van der Waals surface area contributed by atoms with Crippen molar-refractivity contribution in [1.82, 2.24) is 10.2 Å². The molecule has 6 heteroatoms. The molecule has 4 heterocycles. The van der Waals surface area contributed by atoms with Crippen molar-refractivity contribution in [1.29, 1.82) is 0 Å². The van der Waals surface area contributed by atoms with Crippen LogP contribution in [0, 0.1) is 5.92 Å². The molecule has 5 nitrogen and oxygen atoms in total. The fourth-order valence-electron chi connectivity index (χ4n) is 4.05. The number of methoxy groups -OCH3 is 1. The first kappa shape index (κ1) is 17.4. The number of benzene rings is 1. The number of nitrogens with one attached hydrogen (secondary N) is 1. The van der Waals surface area contributed by atoms with E-state index >= 15 is 0 Å². The van der Waals surface area contributed by atoms with Gasteiger partial charge in [-0.3, -0.25) is 9.69 Å². The molecule has 26 heavy (non-hydrogen) atoms. The van der Waals surface area contributed by atoms with Gasteiger partial charge in [0.25, 0.3) is 5.91 Å². The minimum atomic E-state index is 0.00101. The molecule has 3 aliphatic heterocycles. The van der Waals surface area contributed by atoms with Crippen LogP contribution in [-0.4, -0.2) is 43.1 Å². The van der Waals surface area contributed by atoms with Crippen molar-refractivity contribution >= 4 is 17.2 Å². The largest absolute Gasteiger partial charge is 0.497 e. The summed E-state index contributed by atoms with van der Waals surface area (Å²) in [6.45, 7) is 4.55. The zero-order chi connectivity index (χ0) is 18.1. The molecule has 1 N–H and O–H groups in total. The van der Waals surface area contributed by atoms with Crippen LogP contribution in [0.4, 0.5) is 0 Å². The number of amides is 1. The average molecular weight is 372 g/mol. The second kappa shape index (κ2) is 7.29. The highest BCUT2D eigenvalue weighted by Gasteiger charge is 2.40. The van der Waals surface area contributed by atoms with Crippen LogP contribution < -0.4 is 14.8 Å². The number of carbonyl (C=O) groups excluding carboxylic acids is 1. The van der Waals surface area contributed by atoms with Crippen LogP contribution in [0.15, 0.2) is 36.4 Å². The summed E-state index contributed by atoms with van der Waals surface area (Å²) >= 11 is 1.37. The van der Waals surface area contributed by atoms with E-state index in [1.54, 1.807) is 7.11 Å². The summed E-state index contributed by atoms with van der Waals surface area (Å²) in [6, 6.07) is 11.8. The SMILES string of the molecule is COc1cccc(Oc2ccc(C(=O)N[C@@H]3C4CCN(CC4)[C@H]3C)s2)c1. The van der Waals surface area contributed by atoms with Crippen LogP contribution in [0.2, 0.25) is 0 Å². The maximum atomic E-state index is 12.7. The number of rotatable bonds is 5. The summed E-state index contributed by atoms with van der Waals surface area (Å²) in [5.41, 5.74) is 0. The lowest BCUT2D eigenvalue weighted by Crippen LogP contribution is -2.62. The van der Waals surface area contributed by atoms with Gasteiger partial charge in [0.05, 0.1) is 12.0 Å². The van der Waals surface area contributed by atoms with Crippen LogP contribution in [0.5, 0.6) is 16.6 Å². The van der Waals surface area contributed by atoms with Crippen LogP contribution in [0.1, 0.15) is 29.4 Å². The number of nitrogens with zero attached hydrogens (tertiary/aromatic N) is 1. The molecule has 2 bridgehead atoms. The van der Waals surface area contributed by atoms with E-state index in [-0.39, 0.29) is 11.9 Å². The Morgan fingerprint density at radius 1 is 1.19 bits per heavy atom. The molecular weight excluding hydrogens is 348 g/mol. The molecular formula is C20H24N2O3S. The Bertz CT molecular complexity index is 781. The van der Waals surface area contributed by atoms with E-state index in [1.165, 1.54) is 24.2 Å². The van der Waals surface area contributed by atoms with Crippen LogP contribution in [-0.2, 0) is 0 Å². The van der Waals surface area contributed by atoms with Gasteiger partial charge in [-0.05, 0) is 63.0 Å². The molecule has 0 aliphatic carbocycles. The van der Waals surface area contributed by atoms with E-state index in [0.29, 0.717) is 27.6 Å². The zero-order valence-corrected chi connectivity index (χ0v) is 15.9. The number of hydrogen-bond donors (Lipinski definition) is 1. The predicted molar refractivity (Wildman–Crippen MR) is 102 cm³/mol. The number of thiophene rings is 1. The van der Waals surface area contributed by atoms with Gasteiger partial charge in [-0.2, -0.15) is 0 Å². The van der Waals surface area contributed by atoms with Gasteiger partial charge in [0.1, 0.15) is 11.5 Å². The second-order valence-electron chi connectivity index (χ2n) is 7.01. The summed E-state index contributed by atoms with van der Waals surface area (Å²) in [5, 5.41) is 3.97. The zero-order valence-electron chi connectivity index (χ0n) is 15.1. The van der Waals surface area contributed by atoms with E-state index < -0.39 is 0 Å². The molecule has 1 amide bonds. The number of hydrogen-bond acceptors (Lipinski definition) is 5. The van der Waals surface area contributed by atoms with Gasteiger partial charge in [0.2, 0.25) is 0 Å². The van der Waals surface area contributed by atoms with E-state index in [2.05, 4.69) is 17.1 Å². The normalized spacial score (nSPS) is 27.2. The first-order valence-electron chi connectivity index (χ1n) is 9.10. The maximum absolute atomic E-state index is 12.7. The second-order valence-corrected chi connectivity index (χ2v) is 8.06. The standard InChI is InChI=1S/C20H24N2O3S/c1-13-19(14-8-10-22(13)11-9-14)21-20(23)17-6-7-18(26-17)25-16-5-3-4-15(12-16)24-2/h3-7,12-14,19H,8-11H2,1-2H3,(H,21,23)/t13-,19-/m0/s1. The van der Waals surface area contributed by atoms with Crippen LogP contribution in [0.3, 0.4) is 0 Å². The van der Waals surface area contributed by atoms with E-state index in [9.17, 15) is 4.79 Å². The Morgan fingerprint density at radius 2 is 1.96 bits per heavy atom. The summed E-state index contributed by atoms with van der Waals surface area (Å²) in [4.78, 5) is 15.9. The van der Waals surface area contributed by atoms with Crippen molar-refractivity contribution in [3.8, 4) is 16.6 Å². The van der Waals surface area contributed by atoms with Crippen molar-refractivity contribution < 1.29 is 14.3 Å². The third-order valence-corrected chi connectivity index (χ3v) is 6.50. The van der Waals surface area contributed by atoms with Crippen molar-refractivity contribution in [3.05, 3.63) is 41.3 Å². The van der Waals surface area contributed by atoms with Crippen molar-refractivity contribution in [2.24, 2.45) is 5.92 Å². The molecule has 138 valence electrons. The van der Waals surface area contributed by atoms with E-state index in [1.807, 2.05) is 36.4 Å². The molecule has 3 aliphatic rings. The highest BCUT2D eigenvalue weighted by molar-refractivity contribution is 7.15. The van der Waals surface area contributed by atoms with Crippen molar-refractivity contribution in [3.63, 3.8) is 0 Å². The number of fused-ring (bicyclic) bond motifs is 3. The molecule has 0 radical (unpaired) electrons. The molecule has 0 unspecified atom stereocenters. The Balaban J connectivity index is 1.41.